The minimum atomic E-state index is -3.05. The van der Waals surface area contributed by atoms with Crippen molar-refractivity contribution in [2.45, 2.75) is 50.3 Å². The van der Waals surface area contributed by atoms with Crippen molar-refractivity contribution in [2.75, 3.05) is 26.4 Å². The molecule has 0 aliphatic heterocycles. The van der Waals surface area contributed by atoms with Crippen LogP contribution in [0.5, 0.6) is 0 Å². The van der Waals surface area contributed by atoms with Gasteiger partial charge in [0.1, 0.15) is 0 Å². The van der Waals surface area contributed by atoms with Crippen LogP contribution in [0.25, 0.3) is 0 Å². The molecule has 6 heteroatoms. The second-order valence-corrected chi connectivity index (χ2v) is 9.29. The molecular formula is C19H30N2O3S. The molecule has 0 unspecified atom stereocenters. The van der Waals surface area contributed by atoms with E-state index in [1.165, 1.54) is 38.4 Å². The Kier molecular flexibility index (Phi) is 7.44. The molecule has 0 radical (unpaired) electrons. The quantitative estimate of drug-likeness (QED) is 0.718. The van der Waals surface area contributed by atoms with Crippen molar-refractivity contribution < 1.29 is 13.2 Å². The molecular weight excluding hydrogens is 336 g/mol. The van der Waals surface area contributed by atoms with Crippen LogP contribution in [0.4, 0.5) is 0 Å². The molecule has 1 saturated carbocycles. The highest BCUT2D eigenvalue weighted by atomic mass is 32.2. The molecule has 1 aliphatic rings. The Hall–Kier alpha value is -1.40. The molecule has 0 saturated heterocycles. The number of carbonyl (C=O) groups is 1. The SMILES string of the molecule is CN(CCCNC(=O)c1ccc(CS(C)(=O)=O)cc1)C1CCCCC1. The van der Waals surface area contributed by atoms with E-state index in [0.717, 1.165) is 13.0 Å². The van der Waals surface area contributed by atoms with Crippen LogP contribution < -0.4 is 5.32 Å². The van der Waals surface area contributed by atoms with E-state index in [9.17, 15) is 13.2 Å². The third kappa shape index (κ3) is 7.16. The van der Waals surface area contributed by atoms with Crippen molar-refractivity contribution in [1.82, 2.24) is 10.2 Å². The van der Waals surface area contributed by atoms with E-state index in [0.29, 0.717) is 23.7 Å². The maximum Gasteiger partial charge on any atom is 0.251 e. The predicted octanol–water partition coefficient (Wildman–Crippen LogP) is 2.62. The predicted molar refractivity (Wildman–Crippen MR) is 101 cm³/mol. The van der Waals surface area contributed by atoms with Gasteiger partial charge in [0.2, 0.25) is 0 Å². The average Bonchev–Trinajstić information content (AvgIpc) is 2.58. The number of amides is 1. The van der Waals surface area contributed by atoms with Gasteiger partial charge in [-0.2, -0.15) is 0 Å². The van der Waals surface area contributed by atoms with Gasteiger partial charge in [0.25, 0.3) is 5.91 Å². The molecule has 1 aromatic rings. The molecule has 1 fully saturated rings. The van der Waals surface area contributed by atoms with Gasteiger partial charge in [0.15, 0.2) is 9.84 Å². The Labute approximate surface area is 151 Å². The lowest BCUT2D eigenvalue weighted by molar-refractivity contribution is 0.0950. The molecule has 1 amide bonds. The molecule has 0 aromatic heterocycles. The van der Waals surface area contributed by atoms with Gasteiger partial charge in [-0.15, -0.1) is 0 Å². The summed E-state index contributed by atoms with van der Waals surface area (Å²) in [6, 6.07) is 7.47. The number of nitrogens with one attached hydrogen (secondary N) is 1. The zero-order valence-corrected chi connectivity index (χ0v) is 16.1. The molecule has 1 aromatic carbocycles. The lowest BCUT2D eigenvalue weighted by atomic mass is 9.94. The fourth-order valence-corrected chi connectivity index (χ4v) is 4.19. The first kappa shape index (κ1) is 19.9. The first-order valence-electron chi connectivity index (χ1n) is 9.10. The van der Waals surface area contributed by atoms with Crippen LogP contribution in [0, 0.1) is 0 Å². The summed E-state index contributed by atoms with van der Waals surface area (Å²) < 4.78 is 22.6. The second kappa shape index (κ2) is 9.34. The molecule has 1 aliphatic carbocycles. The van der Waals surface area contributed by atoms with E-state index in [2.05, 4.69) is 17.3 Å². The van der Waals surface area contributed by atoms with E-state index in [1.807, 2.05) is 0 Å². The molecule has 1 N–H and O–H groups in total. The molecule has 140 valence electrons. The summed E-state index contributed by atoms with van der Waals surface area (Å²) >= 11 is 0. The van der Waals surface area contributed by atoms with Crippen LogP contribution >= 0.6 is 0 Å². The summed E-state index contributed by atoms with van der Waals surface area (Å²) in [5, 5.41) is 2.94. The fraction of sp³-hybridized carbons (Fsp3) is 0.632. The minimum Gasteiger partial charge on any atom is -0.352 e. The van der Waals surface area contributed by atoms with Gasteiger partial charge in [0, 0.05) is 24.4 Å². The number of hydrogen-bond acceptors (Lipinski definition) is 4. The summed E-state index contributed by atoms with van der Waals surface area (Å²) in [6.07, 6.45) is 8.76. The Balaban J connectivity index is 1.71. The number of nitrogens with zero attached hydrogens (tertiary/aromatic N) is 1. The van der Waals surface area contributed by atoms with Crippen LogP contribution in [0.1, 0.15) is 54.4 Å². The van der Waals surface area contributed by atoms with Crippen molar-refractivity contribution >= 4 is 15.7 Å². The van der Waals surface area contributed by atoms with E-state index < -0.39 is 9.84 Å². The highest BCUT2D eigenvalue weighted by Crippen LogP contribution is 2.21. The number of carbonyl (C=O) groups excluding carboxylic acids is 1. The van der Waals surface area contributed by atoms with Gasteiger partial charge < -0.3 is 10.2 Å². The van der Waals surface area contributed by atoms with Gasteiger partial charge >= 0.3 is 0 Å². The number of sulfone groups is 1. The number of hydrogen-bond donors (Lipinski definition) is 1. The third-order valence-corrected chi connectivity index (χ3v) is 5.67. The molecule has 5 nitrogen and oxygen atoms in total. The van der Waals surface area contributed by atoms with Crippen LogP contribution in [-0.2, 0) is 15.6 Å². The fourth-order valence-electron chi connectivity index (χ4n) is 3.39. The van der Waals surface area contributed by atoms with E-state index in [1.54, 1.807) is 24.3 Å². The molecule has 0 spiro atoms. The maximum absolute atomic E-state index is 12.1. The van der Waals surface area contributed by atoms with Crippen LogP contribution in [0.3, 0.4) is 0 Å². The Morgan fingerprint density at radius 2 is 1.80 bits per heavy atom. The van der Waals surface area contributed by atoms with Crippen molar-refractivity contribution in [1.29, 1.82) is 0 Å². The smallest absolute Gasteiger partial charge is 0.251 e. The summed E-state index contributed by atoms with van der Waals surface area (Å²) in [7, 11) is -0.872. The van der Waals surface area contributed by atoms with Gasteiger partial charge in [-0.25, -0.2) is 8.42 Å². The summed E-state index contributed by atoms with van der Waals surface area (Å²) in [5.41, 5.74) is 1.27. The monoisotopic (exact) mass is 366 g/mol. The summed E-state index contributed by atoms with van der Waals surface area (Å²) in [5.74, 6) is -0.103. The topological polar surface area (TPSA) is 66.5 Å². The molecule has 0 atom stereocenters. The second-order valence-electron chi connectivity index (χ2n) is 7.15. The summed E-state index contributed by atoms with van der Waals surface area (Å²) in [6.45, 7) is 1.65. The molecule has 2 rings (SSSR count). The normalized spacial score (nSPS) is 16.1. The zero-order valence-electron chi connectivity index (χ0n) is 15.3. The minimum absolute atomic E-state index is 0.00238. The zero-order chi connectivity index (χ0) is 18.3. The maximum atomic E-state index is 12.1. The van der Waals surface area contributed by atoms with Crippen molar-refractivity contribution in [2.24, 2.45) is 0 Å². The Morgan fingerprint density at radius 3 is 2.40 bits per heavy atom. The highest BCUT2D eigenvalue weighted by Gasteiger charge is 2.17. The lowest BCUT2D eigenvalue weighted by Crippen LogP contribution is -2.35. The molecule has 25 heavy (non-hydrogen) atoms. The molecule has 0 bridgehead atoms. The van der Waals surface area contributed by atoms with Crippen molar-refractivity contribution in [3.05, 3.63) is 35.4 Å². The molecule has 0 heterocycles. The van der Waals surface area contributed by atoms with Crippen LogP contribution in [0.15, 0.2) is 24.3 Å². The van der Waals surface area contributed by atoms with Crippen molar-refractivity contribution in [3.8, 4) is 0 Å². The highest BCUT2D eigenvalue weighted by molar-refractivity contribution is 7.89. The first-order chi connectivity index (χ1) is 11.8. The summed E-state index contributed by atoms with van der Waals surface area (Å²) in [4.78, 5) is 14.6. The van der Waals surface area contributed by atoms with Crippen molar-refractivity contribution in [3.63, 3.8) is 0 Å². The van der Waals surface area contributed by atoms with Crippen LogP contribution in [0.2, 0.25) is 0 Å². The number of rotatable bonds is 8. The van der Waals surface area contributed by atoms with Gasteiger partial charge in [-0.05, 0) is 50.6 Å². The Bertz CT molecular complexity index is 650. The van der Waals surface area contributed by atoms with E-state index >= 15 is 0 Å². The van der Waals surface area contributed by atoms with E-state index in [4.69, 9.17) is 0 Å². The van der Waals surface area contributed by atoms with Gasteiger partial charge in [0.05, 0.1) is 5.75 Å². The van der Waals surface area contributed by atoms with Gasteiger partial charge in [-0.1, -0.05) is 31.4 Å². The third-order valence-electron chi connectivity index (χ3n) is 4.82. The standard InChI is InChI=1S/C19H30N2O3S/c1-21(18-7-4-3-5-8-18)14-6-13-20-19(22)17-11-9-16(10-12-17)15-25(2,23)24/h9-12,18H,3-8,13-15H2,1-2H3,(H,20,22). The van der Waals surface area contributed by atoms with Gasteiger partial charge in [-0.3, -0.25) is 4.79 Å². The first-order valence-corrected chi connectivity index (χ1v) is 11.2. The largest absolute Gasteiger partial charge is 0.352 e. The number of benzene rings is 1. The lowest BCUT2D eigenvalue weighted by Gasteiger charge is -2.31. The van der Waals surface area contributed by atoms with Crippen LogP contribution in [-0.4, -0.2) is 51.7 Å². The Morgan fingerprint density at radius 1 is 1.16 bits per heavy atom. The van der Waals surface area contributed by atoms with E-state index in [-0.39, 0.29) is 11.7 Å². The average molecular weight is 367 g/mol.